The Morgan fingerprint density at radius 1 is 1.45 bits per heavy atom. The van der Waals surface area contributed by atoms with Gasteiger partial charge in [0.05, 0.1) is 11.5 Å². The summed E-state index contributed by atoms with van der Waals surface area (Å²) >= 11 is 0. The molecule has 0 saturated heterocycles. The van der Waals surface area contributed by atoms with Gasteiger partial charge in [0.2, 0.25) is 0 Å². The molecule has 0 heterocycles. The summed E-state index contributed by atoms with van der Waals surface area (Å²) in [6.45, 7) is 5.68. The van der Waals surface area contributed by atoms with Crippen LogP contribution in [0.5, 0.6) is 0 Å². The summed E-state index contributed by atoms with van der Waals surface area (Å²) < 4.78 is 10.1. The quantitative estimate of drug-likeness (QED) is 0.754. The van der Waals surface area contributed by atoms with Crippen LogP contribution in [0.15, 0.2) is 12.2 Å². The SMILES string of the molecule is COCCC1(C(=O)O)C=C[C@@H](NC(=O)OC(C)(C)C)C1. The van der Waals surface area contributed by atoms with Gasteiger partial charge in [-0.2, -0.15) is 0 Å². The average Bonchev–Trinajstić information content (AvgIpc) is 2.68. The summed E-state index contributed by atoms with van der Waals surface area (Å²) in [5.74, 6) is -0.903. The Morgan fingerprint density at radius 3 is 2.60 bits per heavy atom. The number of nitrogens with one attached hydrogen (secondary N) is 1. The molecule has 0 bridgehead atoms. The number of amides is 1. The molecule has 0 radical (unpaired) electrons. The van der Waals surface area contributed by atoms with Crippen LogP contribution in [0.3, 0.4) is 0 Å². The van der Waals surface area contributed by atoms with E-state index in [1.807, 2.05) is 0 Å². The molecular formula is C14H23NO5. The van der Waals surface area contributed by atoms with Crippen LogP contribution in [0.4, 0.5) is 4.79 Å². The highest BCUT2D eigenvalue weighted by atomic mass is 16.6. The minimum Gasteiger partial charge on any atom is -0.481 e. The zero-order valence-electron chi connectivity index (χ0n) is 12.4. The molecule has 1 amide bonds. The number of carbonyl (C=O) groups is 2. The fourth-order valence-electron chi connectivity index (χ4n) is 2.12. The Balaban J connectivity index is 2.60. The van der Waals surface area contributed by atoms with E-state index in [0.717, 1.165) is 0 Å². The molecule has 0 aromatic rings. The fourth-order valence-corrected chi connectivity index (χ4v) is 2.12. The van der Waals surface area contributed by atoms with Gasteiger partial charge in [0, 0.05) is 13.7 Å². The van der Waals surface area contributed by atoms with Crippen molar-refractivity contribution in [1.82, 2.24) is 5.32 Å². The summed E-state index contributed by atoms with van der Waals surface area (Å²) in [6.07, 6.45) is 3.48. The Hall–Kier alpha value is -1.56. The summed E-state index contributed by atoms with van der Waals surface area (Å²) in [6, 6.07) is -0.335. The van der Waals surface area contributed by atoms with Crippen LogP contribution in [0.1, 0.15) is 33.6 Å². The third kappa shape index (κ3) is 4.52. The van der Waals surface area contributed by atoms with Crippen LogP contribution in [-0.4, -0.2) is 42.5 Å². The van der Waals surface area contributed by atoms with E-state index in [1.165, 1.54) is 7.11 Å². The van der Waals surface area contributed by atoms with Crippen molar-refractivity contribution in [2.75, 3.05) is 13.7 Å². The minimum absolute atomic E-state index is 0.310. The highest BCUT2D eigenvalue weighted by Gasteiger charge is 2.42. The first kappa shape index (κ1) is 16.5. The van der Waals surface area contributed by atoms with E-state index in [-0.39, 0.29) is 6.04 Å². The van der Waals surface area contributed by atoms with E-state index < -0.39 is 23.1 Å². The summed E-state index contributed by atoms with van der Waals surface area (Å²) in [4.78, 5) is 23.1. The number of methoxy groups -OCH3 is 1. The molecule has 0 spiro atoms. The Bertz CT molecular complexity index is 399. The van der Waals surface area contributed by atoms with Crippen LogP contribution in [0.25, 0.3) is 0 Å². The van der Waals surface area contributed by atoms with Gasteiger partial charge in [-0.05, 0) is 33.6 Å². The van der Waals surface area contributed by atoms with Gasteiger partial charge in [-0.1, -0.05) is 12.2 Å². The summed E-state index contributed by atoms with van der Waals surface area (Å²) in [5, 5.41) is 12.0. The highest BCUT2D eigenvalue weighted by molar-refractivity contribution is 5.78. The molecule has 0 fully saturated rings. The van der Waals surface area contributed by atoms with Crippen molar-refractivity contribution in [3.63, 3.8) is 0 Å². The highest BCUT2D eigenvalue weighted by Crippen LogP contribution is 2.36. The second kappa shape index (κ2) is 6.26. The fraction of sp³-hybridized carbons (Fsp3) is 0.714. The zero-order valence-corrected chi connectivity index (χ0v) is 12.4. The molecule has 2 atom stereocenters. The standard InChI is InChI=1S/C14H23NO5/c1-13(2,3)20-12(18)15-10-5-6-14(9-10,11(16)17)7-8-19-4/h5-6,10H,7-9H2,1-4H3,(H,15,18)(H,16,17)/t10-,14?/m1/s1. The maximum atomic E-state index is 11.7. The van der Waals surface area contributed by atoms with Gasteiger partial charge in [-0.25, -0.2) is 4.79 Å². The molecule has 1 rings (SSSR count). The van der Waals surface area contributed by atoms with Gasteiger partial charge >= 0.3 is 12.1 Å². The van der Waals surface area contributed by atoms with Crippen molar-refractivity contribution in [1.29, 1.82) is 0 Å². The van der Waals surface area contributed by atoms with Gasteiger partial charge in [0.25, 0.3) is 0 Å². The van der Waals surface area contributed by atoms with Crippen molar-refractivity contribution < 1.29 is 24.2 Å². The molecule has 0 aliphatic heterocycles. The number of aliphatic carboxylic acids is 1. The summed E-state index contributed by atoms with van der Waals surface area (Å²) in [5.41, 5.74) is -1.55. The topological polar surface area (TPSA) is 84.9 Å². The van der Waals surface area contributed by atoms with Crippen molar-refractivity contribution in [2.24, 2.45) is 5.41 Å². The van der Waals surface area contributed by atoms with Gasteiger partial charge in [-0.3, -0.25) is 4.79 Å². The molecule has 1 aliphatic carbocycles. The lowest BCUT2D eigenvalue weighted by molar-refractivity contribution is -0.147. The number of carbonyl (C=O) groups excluding carboxylic acids is 1. The number of hydrogen-bond acceptors (Lipinski definition) is 4. The third-order valence-corrected chi connectivity index (χ3v) is 3.11. The van der Waals surface area contributed by atoms with E-state index in [4.69, 9.17) is 9.47 Å². The Labute approximate surface area is 119 Å². The minimum atomic E-state index is -0.976. The van der Waals surface area contributed by atoms with Crippen LogP contribution >= 0.6 is 0 Å². The Kier molecular flexibility index (Phi) is 5.16. The number of rotatable bonds is 5. The van der Waals surface area contributed by atoms with Crippen molar-refractivity contribution in [3.05, 3.63) is 12.2 Å². The second-order valence-electron chi connectivity index (χ2n) is 6.02. The maximum Gasteiger partial charge on any atom is 0.408 e. The van der Waals surface area contributed by atoms with Crippen LogP contribution < -0.4 is 5.32 Å². The first-order chi connectivity index (χ1) is 9.18. The molecule has 6 heteroatoms. The van der Waals surface area contributed by atoms with E-state index in [9.17, 15) is 14.7 Å². The van der Waals surface area contributed by atoms with Gasteiger partial charge in [0.15, 0.2) is 0 Å². The molecule has 6 nitrogen and oxygen atoms in total. The van der Waals surface area contributed by atoms with Gasteiger partial charge in [-0.15, -0.1) is 0 Å². The molecule has 114 valence electrons. The van der Waals surface area contributed by atoms with Crippen molar-refractivity contribution in [3.8, 4) is 0 Å². The first-order valence-electron chi connectivity index (χ1n) is 6.60. The smallest absolute Gasteiger partial charge is 0.408 e. The van der Waals surface area contributed by atoms with E-state index >= 15 is 0 Å². The molecule has 0 aromatic heterocycles. The molecule has 0 saturated carbocycles. The monoisotopic (exact) mass is 285 g/mol. The van der Waals surface area contributed by atoms with Crippen molar-refractivity contribution >= 4 is 12.1 Å². The molecule has 1 unspecified atom stereocenters. The lowest BCUT2D eigenvalue weighted by Crippen LogP contribution is -2.40. The normalized spacial score (nSPS) is 25.5. The largest absolute Gasteiger partial charge is 0.481 e. The second-order valence-corrected chi connectivity index (χ2v) is 6.02. The maximum absolute atomic E-state index is 11.7. The number of hydrogen-bond donors (Lipinski definition) is 2. The average molecular weight is 285 g/mol. The van der Waals surface area contributed by atoms with Gasteiger partial charge < -0.3 is 19.9 Å². The lowest BCUT2D eigenvalue weighted by atomic mass is 9.83. The van der Waals surface area contributed by atoms with Crippen LogP contribution in [0.2, 0.25) is 0 Å². The predicted octanol–water partition coefficient (Wildman–Crippen LogP) is 1.95. The zero-order chi connectivity index (χ0) is 15.4. The third-order valence-electron chi connectivity index (χ3n) is 3.11. The van der Waals surface area contributed by atoms with Crippen molar-refractivity contribution in [2.45, 2.75) is 45.3 Å². The number of carboxylic acids is 1. The molecular weight excluding hydrogens is 262 g/mol. The predicted molar refractivity (Wildman–Crippen MR) is 73.5 cm³/mol. The van der Waals surface area contributed by atoms with Gasteiger partial charge in [0.1, 0.15) is 5.60 Å². The van der Waals surface area contributed by atoms with E-state index in [2.05, 4.69) is 5.32 Å². The van der Waals surface area contributed by atoms with Crippen LogP contribution in [-0.2, 0) is 14.3 Å². The van der Waals surface area contributed by atoms with E-state index in [0.29, 0.717) is 19.4 Å². The number of alkyl carbamates (subject to hydrolysis) is 1. The van der Waals surface area contributed by atoms with Crippen LogP contribution in [0, 0.1) is 5.41 Å². The summed E-state index contributed by atoms with van der Waals surface area (Å²) in [7, 11) is 1.53. The lowest BCUT2D eigenvalue weighted by Gasteiger charge is -2.25. The molecule has 2 N–H and O–H groups in total. The molecule has 0 aromatic carbocycles. The number of ether oxygens (including phenoxy) is 2. The number of carboxylic acid groups (broad SMARTS) is 1. The molecule has 20 heavy (non-hydrogen) atoms. The first-order valence-corrected chi connectivity index (χ1v) is 6.60. The molecule has 1 aliphatic rings. The van der Waals surface area contributed by atoms with E-state index in [1.54, 1.807) is 32.9 Å². The Morgan fingerprint density at radius 2 is 2.10 bits per heavy atom.